The summed E-state index contributed by atoms with van der Waals surface area (Å²) in [6.07, 6.45) is 2.48. The fraction of sp³-hybridized carbons (Fsp3) is 0.857. The van der Waals surface area contributed by atoms with E-state index in [1.807, 2.05) is 0 Å². The van der Waals surface area contributed by atoms with Crippen LogP contribution >= 0.6 is 0 Å². The number of hydrogen-bond acceptors (Lipinski definition) is 7. The number of hydrogen-bond donors (Lipinski definition) is 6. The molecule has 9 nitrogen and oxygen atoms in total. The van der Waals surface area contributed by atoms with Gasteiger partial charge in [-0.2, -0.15) is 0 Å². The average molecular weight is 417 g/mol. The molecular formula is C21H32N6O3. The molecule has 0 saturated carbocycles. The number of rotatable bonds is 2. The standard InChI is InChI=1S/C21H32N6O3/c28-15-3-14-7-23-10-20(14,25-8-15)18-19(9-22-6-13(19)4-17(30)26-18)21-11-24-5-12(21)1-2-16(29)27-21/h12-14,18,22-25H,1-11H2,(H,26,30)(H,27,29). The number of amides is 2. The first-order valence-corrected chi connectivity index (χ1v) is 11.5. The van der Waals surface area contributed by atoms with Crippen molar-refractivity contribution in [3.05, 3.63) is 0 Å². The molecule has 6 saturated heterocycles. The van der Waals surface area contributed by atoms with Crippen LogP contribution in [0.5, 0.6) is 0 Å². The Labute approximate surface area is 176 Å². The lowest BCUT2D eigenvalue weighted by molar-refractivity contribution is -0.145. The Hall–Kier alpha value is -1.55. The van der Waals surface area contributed by atoms with Crippen molar-refractivity contribution in [3.63, 3.8) is 0 Å². The van der Waals surface area contributed by atoms with Crippen LogP contribution < -0.4 is 31.9 Å². The molecule has 7 atom stereocenters. The summed E-state index contributed by atoms with van der Waals surface area (Å²) in [4.78, 5) is 37.9. The first-order valence-electron chi connectivity index (χ1n) is 11.5. The summed E-state index contributed by atoms with van der Waals surface area (Å²) in [7, 11) is 0. The highest BCUT2D eigenvalue weighted by atomic mass is 16.2. The quantitative estimate of drug-likeness (QED) is 0.293. The molecule has 6 aliphatic heterocycles. The highest BCUT2D eigenvalue weighted by molar-refractivity contribution is 5.83. The van der Waals surface area contributed by atoms with E-state index in [4.69, 9.17) is 0 Å². The van der Waals surface area contributed by atoms with Gasteiger partial charge in [0.1, 0.15) is 5.78 Å². The van der Waals surface area contributed by atoms with Crippen LogP contribution in [-0.2, 0) is 14.4 Å². The van der Waals surface area contributed by atoms with Gasteiger partial charge in [-0.1, -0.05) is 0 Å². The molecule has 0 aromatic rings. The lowest BCUT2D eigenvalue weighted by Crippen LogP contribution is -2.83. The van der Waals surface area contributed by atoms with Crippen molar-refractivity contribution in [2.75, 3.05) is 45.8 Å². The predicted octanol–water partition coefficient (Wildman–Crippen LogP) is -2.53. The SMILES string of the molecule is O=C1CNC2(C3NC(=O)CC4CNCC43C34CNCC3CCC(=O)N4)CNCC2C1. The highest BCUT2D eigenvalue weighted by Crippen LogP contribution is 2.57. The predicted molar refractivity (Wildman–Crippen MR) is 109 cm³/mol. The first-order chi connectivity index (χ1) is 14.5. The second kappa shape index (κ2) is 6.48. The number of nitrogens with one attached hydrogen (secondary N) is 6. The third-order valence-corrected chi connectivity index (χ3v) is 9.33. The minimum atomic E-state index is -0.389. The van der Waals surface area contributed by atoms with Gasteiger partial charge in [-0.25, -0.2) is 0 Å². The number of ketones is 1. The van der Waals surface area contributed by atoms with Gasteiger partial charge >= 0.3 is 0 Å². The van der Waals surface area contributed by atoms with E-state index < -0.39 is 0 Å². The van der Waals surface area contributed by atoms with Gasteiger partial charge in [0.2, 0.25) is 11.8 Å². The van der Waals surface area contributed by atoms with Gasteiger partial charge in [-0.15, -0.1) is 0 Å². The van der Waals surface area contributed by atoms with Gasteiger partial charge < -0.3 is 31.9 Å². The number of piperidine rings is 3. The largest absolute Gasteiger partial charge is 0.351 e. The molecule has 7 unspecified atom stereocenters. The van der Waals surface area contributed by atoms with E-state index >= 15 is 0 Å². The summed E-state index contributed by atoms with van der Waals surface area (Å²) in [5, 5.41) is 21.2. The van der Waals surface area contributed by atoms with E-state index in [0.29, 0.717) is 31.7 Å². The van der Waals surface area contributed by atoms with Crippen molar-refractivity contribution in [1.29, 1.82) is 0 Å². The zero-order chi connectivity index (χ0) is 20.6. The van der Waals surface area contributed by atoms with Crippen molar-refractivity contribution in [2.24, 2.45) is 23.2 Å². The topological polar surface area (TPSA) is 123 Å². The molecule has 0 spiro atoms. The molecule has 0 aromatic heterocycles. The number of Topliss-reactive ketones (excluding diaryl/α,β-unsaturated/α-hetero) is 1. The number of fused-ring (bicyclic) bond motifs is 4. The lowest BCUT2D eigenvalue weighted by Gasteiger charge is -2.63. The highest BCUT2D eigenvalue weighted by Gasteiger charge is 2.73. The Morgan fingerprint density at radius 2 is 1.57 bits per heavy atom. The molecule has 6 N–H and O–H groups in total. The number of carbonyl (C=O) groups excluding carboxylic acids is 3. The Bertz CT molecular complexity index is 806. The Balaban J connectivity index is 1.52. The molecule has 6 heterocycles. The molecule has 164 valence electrons. The Kier molecular flexibility index (Phi) is 4.14. The average Bonchev–Trinajstić information content (AvgIpc) is 3.43. The molecule has 9 heteroatoms. The van der Waals surface area contributed by atoms with E-state index in [1.54, 1.807) is 0 Å². The maximum absolute atomic E-state index is 12.9. The summed E-state index contributed by atoms with van der Waals surface area (Å²) in [6, 6.07) is -0.153. The fourth-order valence-electron chi connectivity index (χ4n) is 8.14. The number of carbonyl (C=O) groups is 3. The van der Waals surface area contributed by atoms with E-state index in [9.17, 15) is 14.4 Å². The van der Waals surface area contributed by atoms with E-state index in [2.05, 4.69) is 31.9 Å². The van der Waals surface area contributed by atoms with Crippen LogP contribution in [0.4, 0.5) is 0 Å². The maximum Gasteiger partial charge on any atom is 0.220 e. The van der Waals surface area contributed by atoms with Crippen LogP contribution in [0, 0.1) is 23.2 Å². The van der Waals surface area contributed by atoms with E-state index in [1.165, 1.54) is 0 Å². The molecule has 6 aliphatic rings. The summed E-state index contributed by atoms with van der Waals surface area (Å²) in [5.41, 5.74) is -1.07. The van der Waals surface area contributed by atoms with Crippen molar-refractivity contribution in [2.45, 2.75) is 42.8 Å². The fourth-order valence-corrected chi connectivity index (χ4v) is 8.14. The monoisotopic (exact) mass is 416 g/mol. The van der Waals surface area contributed by atoms with Gasteiger partial charge in [0.25, 0.3) is 0 Å². The van der Waals surface area contributed by atoms with Crippen molar-refractivity contribution in [1.82, 2.24) is 31.9 Å². The van der Waals surface area contributed by atoms with Gasteiger partial charge in [-0.05, 0) is 30.7 Å². The third kappa shape index (κ3) is 2.29. The molecule has 0 aliphatic carbocycles. The molecule has 0 aromatic carbocycles. The first kappa shape index (κ1) is 19.2. The minimum Gasteiger partial charge on any atom is -0.351 e. The van der Waals surface area contributed by atoms with E-state index in [0.717, 1.165) is 45.7 Å². The molecular weight excluding hydrogens is 384 g/mol. The molecule has 0 radical (unpaired) electrons. The van der Waals surface area contributed by atoms with Crippen molar-refractivity contribution >= 4 is 17.6 Å². The molecule has 0 bridgehead atoms. The van der Waals surface area contributed by atoms with Crippen LogP contribution in [0.25, 0.3) is 0 Å². The van der Waals surface area contributed by atoms with Crippen LogP contribution in [0.15, 0.2) is 0 Å². The van der Waals surface area contributed by atoms with Crippen LogP contribution in [0.1, 0.15) is 25.7 Å². The molecule has 6 rings (SSSR count). The minimum absolute atomic E-state index is 0.0871. The van der Waals surface area contributed by atoms with Gasteiger partial charge in [0.05, 0.1) is 23.7 Å². The normalized spacial score (nSPS) is 50.5. The van der Waals surface area contributed by atoms with Gasteiger partial charge in [-0.3, -0.25) is 14.4 Å². The second-order valence-corrected chi connectivity index (χ2v) is 10.4. The Morgan fingerprint density at radius 3 is 2.47 bits per heavy atom. The lowest BCUT2D eigenvalue weighted by atomic mass is 9.48. The summed E-state index contributed by atoms with van der Waals surface area (Å²) >= 11 is 0. The molecule has 2 amide bonds. The van der Waals surface area contributed by atoms with Crippen LogP contribution in [0.2, 0.25) is 0 Å². The van der Waals surface area contributed by atoms with E-state index in [-0.39, 0.29) is 52.0 Å². The maximum atomic E-state index is 12.9. The summed E-state index contributed by atoms with van der Waals surface area (Å²) in [6.45, 7) is 5.05. The third-order valence-electron chi connectivity index (χ3n) is 9.33. The molecule has 30 heavy (non-hydrogen) atoms. The summed E-state index contributed by atoms with van der Waals surface area (Å²) < 4.78 is 0. The van der Waals surface area contributed by atoms with Crippen molar-refractivity contribution < 1.29 is 14.4 Å². The summed E-state index contributed by atoms with van der Waals surface area (Å²) in [5.74, 6) is 1.10. The Morgan fingerprint density at radius 1 is 0.800 bits per heavy atom. The molecule has 6 fully saturated rings. The second-order valence-electron chi connectivity index (χ2n) is 10.4. The smallest absolute Gasteiger partial charge is 0.220 e. The van der Waals surface area contributed by atoms with Crippen LogP contribution in [-0.4, -0.2) is 80.5 Å². The zero-order valence-corrected chi connectivity index (χ0v) is 17.3. The van der Waals surface area contributed by atoms with Gasteiger partial charge in [0, 0.05) is 57.4 Å². The zero-order valence-electron chi connectivity index (χ0n) is 17.3. The van der Waals surface area contributed by atoms with Gasteiger partial charge in [0.15, 0.2) is 0 Å². The van der Waals surface area contributed by atoms with Crippen molar-refractivity contribution in [3.8, 4) is 0 Å². The van der Waals surface area contributed by atoms with Crippen LogP contribution in [0.3, 0.4) is 0 Å².